The molecule has 2 aromatic heterocycles. The zero-order valence-corrected chi connectivity index (χ0v) is 17.2. The molecule has 0 fully saturated rings. The first-order valence-electron chi connectivity index (χ1n) is 10.1. The Labute approximate surface area is 180 Å². The van der Waals surface area contributed by atoms with Crippen LogP contribution in [0.3, 0.4) is 0 Å². The maximum atomic E-state index is 13.4. The summed E-state index contributed by atoms with van der Waals surface area (Å²) < 4.78 is 19.2. The topological polar surface area (TPSA) is 74.3 Å². The molecular weight excluding hydrogens is 393 g/mol. The third kappa shape index (κ3) is 5.19. The zero-order valence-electron chi connectivity index (χ0n) is 17.2. The minimum absolute atomic E-state index is 0.354. The van der Waals surface area contributed by atoms with E-state index < -0.39 is 0 Å². The fraction of sp³-hybridized carbons (Fsp3) is 0.167. The Morgan fingerprint density at radius 2 is 1.97 bits per heavy atom. The van der Waals surface area contributed by atoms with E-state index in [0.29, 0.717) is 24.1 Å². The summed E-state index contributed by atoms with van der Waals surface area (Å²) in [5.41, 5.74) is 3.24. The number of aromatic amines is 1. The molecule has 0 atom stereocenters. The van der Waals surface area contributed by atoms with Crippen LogP contribution in [0.5, 0.6) is 11.6 Å². The summed E-state index contributed by atoms with van der Waals surface area (Å²) in [6.45, 7) is 1.20. The van der Waals surface area contributed by atoms with Gasteiger partial charge in [0.15, 0.2) is 5.96 Å². The van der Waals surface area contributed by atoms with Crippen molar-refractivity contribution in [1.29, 1.82) is 0 Å². The van der Waals surface area contributed by atoms with Crippen molar-refractivity contribution in [2.24, 2.45) is 4.99 Å². The number of ether oxygens (including phenoxy) is 1. The monoisotopic (exact) mass is 417 g/mol. The molecule has 0 aliphatic carbocycles. The van der Waals surface area contributed by atoms with E-state index in [1.165, 1.54) is 23.1 Å². The molecule has 2 heterocycles. The van der Waals surface area contributed by atoms with Gasteiger partial charge in [0.2, 0.25) is 5.88 Å². The van der Waals surface area contributed by atoms with Crippen LogP contribution >= 0.6 is 0 Å². The number of nitrogens with one attached hydrogen (secondary N) is 3. The lowest BCUT2D eigenvalue weighted by atomic mass is 10.1. The van der Waals surface area contributed by atoms with Crippen LogP contribution in [0.15, 0.2) is 78.0 Å². The van der Waals surface area contributed by atoms with Crippen LogP contribution in [0.2, 0.25) is 0 Å². The molecule has 6 nitrogen and oxygen atoms in total. The Balaban J connectivity index is 1.33. The summed E-state index contributed by atoms with van der Waals surface area (Å²) in [7, 11) is 1.73. The molecule has 158 valence electrons. The van der Waals surface area contributed by atoms with Gasteiger partial charge in [-0.25, -0.2) is 9.37 Å². The second-order valence-corrected chi connectivity index (χ2v) is 6.99. The van der Waals surface area contributed by atoms with Gasteiger partial charge in [0.05, 0.1) is 0 Å². The first-order valence-corrected chi connectivity index (χ1v) is 10.1. The number of aliphatic imine (C=N–C) groups is 1. The van der Waals surface area contributed by atoms with E-state index in [9.17, 15) is 4.39 Å². The molecule has 0 spiro atoms. The number of fused-ring (bicyclic) bond motifs is 1. The van der Waals surface area contributed by atoms with E-state index >= 15 is 0 Å². The summed E-state index contributed by atoms with van der Waals surface area (Å²) in [4.78, 5) is 11.9. The number of para-hydroxylation sites is 1. The molecule has 7 heteroatoms. The highest BCUT2D eigenvalue weighted by Gasteiger charge is 2.08. The number of rotatable bonds is 7. The van der Waals surface area contributed by atoms with Crippen LogP contribution in [0, 0.1) is 5.82 Å². The second kappa shape index (κ2) is 9.75. The first-order chi connectivity index (χ1) is 15.2. The van der Waals surface area contributed by atoms with E-state index in [0.717, 1.165) is 24.0 Å². The number of hydrogen-bond donors (Lipinski definition) is 3. The van der Waals surface area contributed by atoms with Crippen molar-refractivity contribution in [3.63, 3.8) is 0 Å². The lowest BCUT2D eigenvalue weighted by molar-refractivity contribution is 0.450. The highest BCUT2D eigenvalue weighted by molar-refractivity contribution is 5.83. The van der Waals surface area contributed by atoms with E-state index in [2.05, 4.69) is 37.7 Å². The van der Waals surface area contributed by atoms with Gasteiger partial charge in [-0.15, -0.1) is 0 Å². The highest BCUT2D eigenvalue weighted by Crippen LogP contribution is 2.23. The third-order valence-corrected chi connectivity index (χ3v) is 4.89. The van der Waals surface area contributed by atoms with Crippen LogP contribution in [0.4, 0.5) is 4.39 Å². The standard InChI is InChI=1S/C24H24FN5O/c1-26-24(28-13-11-17-15-29-22-10-3-2-9-21(17)22)30-16-18-6-5-12-27-23(18)31-20-8-4-7-19(25)14-20/h2-10,12,14-15,29H,11,13,16H2,1H3,(H2,26,28,30). The summed E-state index contributed by atoms with van der Waals surface area (Å²) in [6.07, 6.45) is 4.56. The van der Waals surface area contributed by atoms with Crippen LogP contribution in [0.25, 0.3) is 10.9 Å². The van der Waals surface area contributed by atoms with Crippen molar-refractivity contribution in [2.75, 3.05) is 13.6 Å². The van der Waals surface area contributed by atoms with Gasteiger partial charge in [-0.3, -0.25) is 4.99 Å². The average Bonchev–Trinajstić information content (AvgIpc) is 3.20. The number of guanidine groups is 1. The van der Waals surface area contributed by atoms with Gasteiger partial charge in [-0.05, 0) is 36.2 Å². The maximum absolute atomic E-state index is 13.4. The number of hydrogen-bond acceptors (Lipinski definition) is 3. The van der Waals surface area contributed by atoms with Crippen molar-refractivity contribution in [1.82, 2.24) is 20.6 Å². The molecule has 0 saturated carbocycles. The molecule has 4 aromatic rings. The zero-order chi connectivity index (χ0) is 21.5. The first kappa shape index (κ1) is 20.4. The Hall–Kier alpha value is -3.87. The molecule has 0 amide bonds. The van der Waals surface area contributed by atoms with Crippen molar-refractivity contribution in [3.05, 3.63) is 90.0 Å². The highest BCUT2D eigenvalue weighted by atomic mass is 19.1. The number of benzene rings is 2. The Bertz CT molecular complexity index is 1190. The smallest absolute Gasteiger partial charge is 0.224 e. The lowest BCUT2D eigenvalue weighted by Crippen LogP contribution is -2.37. The number of aromatic nitrogens is 2. The van der Waals surface area contributed by atoms with Crippen molar-refractivity contribution in [3.8, 4) is 11.6 Å². The lowest BCUT2D eigenvalue weighted by Gasteiger charge is -2.14. The van der Waals surface area contributed by atoms with Crippen LogP contribution in [-0.2, 0) is 13.0 Å². The third-order valence-electron chi connectivity index (χ3n) is 4.89. The van der Waals surface area contributed by atoms with E-state index in [-0.39, 0.29) is 5.82 Å². The van der Waals surface area contributed by atoms with E-state index in [1.54, 1.807) is 25.4 Å². The summed E-state index contributed by atoms with van der Waals surface area (Å²) in [6, 6.07) is 18.0. The second-order valence-electron chi connectivity index (χ2n) is 6.99. The van der Waals surface area contributed by atoms with Gasteiger partial charge in [-0.1, -0.05) is 30.3 Å². The molecule has 31 heavy (non-hydrogen) atoms. The van der Waals surface area contributed by atoms with Crippen molar-refractivity contribution < 1.29 is 9.13 Å². The minimum Gasteiger partial charge on any atom is -0.439 e. The Morgan fingerprint density at radius 3 is 2.84 bits per heavy atom. The fourth-order valence-electron chi connectivity index (χ4n) is 3.35. The van der Waals surface area contributed by atoms with Crippen LogP contribution in [0.1, 0.15) is 11.1 Å². The fourth-order valence-corrected chi connectivity index (χ4v) is 3.35. The summed E-state index contributed by atoms with van der Waals surface area (Å²) >= 11 is 0. The average molecular weight is 417 g/mol. The summed E-state index contributed by atoms with van der Waals surface area (Å²) in [5, 5.41) is 7.85. The van der Waals surface area contributed by atoms with E-state index in [4.69, 9.17) is 4.74 Å². The predicted molar refractivity (Wildman–Crippen MR) is 121 cm³/mol. The molecule has 0 saturated heterocycles. The molecule has 0 bridgehead atoms. The van der Waals surface area contributed by atoms with Gasteiger partial charge < -0.3 is 20.4 Å². The minimum atomic E-state index is -0.354. The largest absolute Gasteiger partial charge is 0.439 e. The van der Waals surface area contributed by atoms with Gasteiger partial charge in [0, 0.05) is 55.1 Å². The molecule has 0 unspecified atom stereocenters. The molecular formula is C24H24FN5O. The van der Waals surface area contributed by atoms with Gasteiger partial charge >= 0.3 is 0 Å². The molecule has 3 N–H and O–H groups in total. The predicted octanol–water partition coefficient (Wildman–Crippen LogP) is 4.40. The Kier molecular flexibility index (Phi) is 6.42. The quantitative estimate of drug-likeness (QED) is 0.308. The van der Waals surface area contributed by atoms with Crippen LogP contribution < -0.4 is 15.4 Å². The van der Waals surface area contributed by atoms with Crippen molar-refractivity contribution in [2.45, 2.75) is 13.0 Å². The molecule has 0 radical (unpaired) electrons. The normalized spacial score (nSPS) is 11.5. The van der Waals surface area contributed by atoms with Gasteiger partial charge in [-0.2, -0.15) is 0 Å². The number of H-pyrrole nitrogens is 1. The molecule has 0 aliphatic heterocycles. The van der Waals surface area contributed by atoms with Crippen LogP contribution in [-0.4, -0.2) is 29.5 Å². The van der Waals surface area contributed by atoms with E-state index in [1.807, 2.05) is 30.5 Å². The van der Waals surface area contributed by atoms with Gasteiger partial charge in [0.1, 0.15) is 11.6 Å². The molecule has 2 aromatic carbocycles. The Morgan fingerprint density at radius 1 is 1.06 bits per heavy atom. The maximum Gasteiger partial charge on any atom is 0.224 e. The van der Waals surface area contributed by atoms with Crippen molar-refractivity contribution >= 4 is 16.9 Å². The van der Waals surface area contributed by atoms with Gasteiger partial charge in [0.25, 0.3) is 0 Å². The molecule has 0 aliphatic rings. The number of halogens is 1. The SMILES string of the molecule is CN=C(NCCc1c[nH]c2ccccc12)NCc1cccnc1Oc1cccc(F)c1. The number of nitrogens with zero attached hydrogens (tertiary/aromatic N) is 2. The number of pyridine rings is 1. The summed E-state index contributed by atoms with van der Waals surface area (Å²) in [5.74, 6) is 1.16. The molecule has 4 rings (SSSR count).